The zero-order valence-electron chi connectivity index (χ0n) is 13.7. The third-order valence-electron chi connectivity index (χ3n) is 3.69. The molecule has 5 heteroatoms. The Morgan fingerprint density at radius 2 is 2.05 bits per heavy atom. The van der Waals surface area contributed by atoms with E-state index in [2.05, 4.69) is 50.0 Å². The highest BCUT2D eigenvalue weighted by Gasteiger charge is 2.14. The van der Waals surface area contributed by atoms with Crippen LogP contribution in [0.2, 0.25) is 0 Å². The number of hydrogen-bond acceptors (Lipinski definition) is 4. The van der Waals surface area contributed by atoms with Crippen molar-refractivity contribution in [3.63, 3.8) is 0 Å². The molecule has 0 saturated heterocycles. The van der Waals surface area contributed by atoms with Crippen molar-refractivity contribution in [2.45, 2.75) is 51.7 Å². The van der Waals surface area contributed by atoms with Gasteiger partial charge in [0.15, 0.2) is 10.9 Å². The summed E-state index contributed by atoms with van der Waals surface area (Å²) in [6.07, 6.45) is 3.53. The molecule has 118 valence electrons. The normalized spacial score (nSPS) is 11.1. The molecule has 1 aromatic heterocycles. The Bertz CT molecular complexity index is 649. The first-order valence-electron chi connectivity index (χ1n) is 7.74. The largest absolute Gasteiger partial charge is 0.306 e. The molecule has 0 amide bonds. The second-order valence-corrected chi connectivity index (χ2v) is 6.47. The molecule has 1 aromatic carbocycles. The lowest BCUT2D eigenvalue weighted by Crippen LogP contribution is -2.09. The van der Waals surface area contributed by atoms with Crippen LogP contribution in [0.5, 0.6) is 0 Å². The molecule has 2 rings (SSSR count). The molecular weight excluding hydrogens is 294 g/mol. The summed E-state index contributed by atoms with van der Waals surface area (Å²) in [4.78, 5) is 12.6. The smallest absolute Gasteiger partial charge is 0.191 e. The van der Waals surface area contributed by atoms with Gasteiger partial charge in [-0.15, -0.1) is 10.2 Å². The summed E-state index contributed by atoms with van der Waals surface area (Å²) in [6.45, 7) is 8.35. The Morgan fingerprint density at radius 3 is 2.68 bits per heavy atom. The first-order chi connectivity index (χ1) is 10.6. The first-order valence-corrected chi connectivity index (χ1v) is 8.72. The highest BCUT2D eigenvalue weighted by Crippen LogP contribution is 2.22. The molecule has 4 nitrogen and oxygen atoms in total. The van der Waals surface area contributed by atoms with Crippen LogP contribution in [-0.2, 0) is 12.8 Å². The van der Waals surface area contributed by atoms with Crippen molar-refractivity contribution in [1.29, 1.82) is 0 Å². The Balaban J connectivity index is 2.14. The number of ketones is 1. The summed E-state index contributed by atoms with van der Waals surface area (Å²) in [5.74, 6) is 0.557. The zero-order chi connectivity index (χ0) is 16.1. The average Bonchev–Trinajstić information content (AvgIpc) is 3.00. The number of rotatable bonds is 7. The van der Waals surface area contributed by atoms with E-state index in [4.69, 9.17) is 0 Å². The fourth-order valence-electron chi connectivity index (χ4n) is 2.31. The minimum atomic E-state index is 0.162. The van der Waals surface area contributed by atoms with Crippen molar-refractivity contribution in [2.24, 2.45) is 0 Å². The van der Waals surface area contributed by atoms with Gasteiger partial charge in [-0.05, 0) is 43.9 Å². The van der Waals surface area contributed by atoms with E-state index in [1.807, 2.05) is 10.6 Å². The van der Waals surface area contributed by atoms with Crippen LogP contribution >= 0.6 is 11.8 Å². The van der Waals surface area contributed by atoms with Gasteiger partial charge >= 0.3 is 0 Å². The third-order valence-corrected chi connectivity index (χ3v) is 4.65. The van der Waals surface area contributed by atoms with Crippen molar-refractivity contribution in [3.05, 3.63) is 41.2 Å². The summed E-state index contributed by atoms with van der Waals surface area (Å²) in [5.41, 5.74) is 3.17. The molecule has 0 fully saturated rings. The van der Waals surface area contributed by atoms with Gasteiger partial charge in [-0.1, -0.05) is 37.7 Å². The van der Waals surface area contributed by atoms with E-state index in [9.17, 15) is 4.79 Å². The average molecular weight is 317 g/mol. The van der Waals surface area contributed by atoms with Gasteiger partial charge in [-0.3, -0.25) is 4.79 Å². The van der Waals surface area contributed by atoms with Crippen molar-refractivity contribution in [2.75, 3.05) is 5.75 Å². The molecule has 0 unspecified atom stereocenters. The number of thioether (sulfide) groups is 1. The maximum Gasteiger partial charge on any atom is 0.191 e. The van der Waals surface area contributed by atoms with Gasteiger partial charge in [-0.2, -0.15) is 0 Å². The number of Topliss-reactive ketones (excluding diaryl/α,β-unsaturated/α-hetero) is 1. The lowest BCUT2D eigenvalue weighted by Gasteiger charge is -2.11. The maximum atomic E-state index is 12.6. The predicted octanol–water partition coefficient (Wildman–Crippen LogP) is 3.96. The minimum Gasteiger partial charge on any atom is -0.306 e. The van der Waals surface area contributed by atoms with Crippen molar-refractivity contribution in [3.8, 4) is 0 Å². The lowest BCUT2D eigenvalue weighted by atomic mass is 9.98. The van der Waals surface area contributed by atoms with E-state index in [-0.39, 0.29) is 5.78 Å². The molecule has 22 heavy (non-hydrogen) atoms. The number of aromatic nitrogens is 3. The Hall–Kier alpha value is -1.62. The van der Waals surface area contributed by atoms with E-state index in [1.54, 1.807) is 6.33 Å². The van der Waals surface area contributed by atoms with Crippen LogP contribution in [0.15, 0.2) is 29.7 Å². The Morgan fingerprint density at radius 1 is 1.27 bits per heavy atom. The second kappa shape index (κ2) is 7.58. The van der Waals surface area contributed by atoms with Crippen LogP contribution in [0.25, 0.3) is 0 Å². The van der Waals surface area contributed by atoms with Crippen LogP contribution < -0.4 is 0 Å². The summed E-state index contributed by atoms with van der Waals surface area (Å²) >= 11 is 1.46. The highest BCUT2D eigenvalue weighted by atomic mass is 32.2. The topological polar surface area (TPSA) is 47.8 Å². The number of carbonyl (C=O) groups is 1. The standard InChI is InChI=1S/C17H23N3OS/c1-5-13-7-8-14(6-2)15(9-13)16(21)10-22-17-19-18-11-20(17)12(3)4/h7-9,11-12H,5-6,10H2,1-4H3. The van der Waals surface area contributed by atoms with Crippen LogP contribution in [0.3, 0.4) is 0 Å². The van der Waals surface area contributed by atoms with Gasteiger partial charge in [0.05, 0.1) is 5.75 Å². The van der Waals surface area contributed by atoms with Crippen LogP contribution in [0.4, 0.5) is 0 Å². The van der Waals surface area contributed by atoms with E-state index < -0.39 is 0 Å². The number of hydrogen-bond donors (Lipinski definition) is 0. The van der Waals surface area contributed by atoms with Crippen molar-refractivity contribution in [1.82, 2.24) is 14.8 Å². The van der Waals surface area contributed by atoms with Crippen LogP contribution in [-0.4, -0.2) is 26.3 Å². The van der Waals surface area contributed by atoms with E-state index in [0.29, 0.717) is 11.8 Å². The van der Waals surface area contributed by atoms with Gasteiger partial charge in [-0.25, -0.2) is 0 Å². The van der Waals surface area contributed by atoms with Crippen molar-refractivity contribution >= 4 is 17.5 Å². The van der Waals surface area contributed by atoms with E-state index in [0.717, 1.165) is 29.1 Å². The molecule has 0 radical (unpaired) electrons. The monoisotopic (exact) mass is 317 g/mol. The molecule has 0 aliphatic rings. The maximum absolute atomic E-state index is 12.6. The van der Waals surface area contributed by atoms with E-state index in [1.165, 1.54) is 17.3 Å². The minimum absolute atomic E-state index is 0.162. The van der Waals surface area contributed by atoms with Gasteiger partial charge in [0.25, 0.3) is 0 Å². The SMILES string of the molecule is CCc1ccc(CC)c(C(=O)CSc2nncn2C(C)C)c1. The number of nitrogens with zero attached hydrogens (tertiary/aromatic N) is 3. The van der Waals surface area contributed by atoms with Gasteiger partial charge in [0, 0.05) is 11.6 Å². The summed E-state index contributed by atoms with van der Waals surface area (Å²) in [5, 5.41) is 8.84. The fourth-order valence-corrected chi connectivity index (χ4v) is 3.24. The molecule has 0 N–H and O–H groups in total. The predicted molar refractivity (Wildman–Crippen MR) is 90.7 cm³/mol. The fraction of sp³-hybridized carbons (Fsp3) is 0.471. The van der Waals surface area contributed by atoms with Gasteiger partial charge in [0.1, 0.15) is 6.33 Å². The molecule has 2 aromatic rings. The quantitative estimate of drug-likeness (QED) is 0.573. The Kier molecular flexibility index (Phi) is 5.77. The van der Waals surface area contributed by atoms with Crippen LogP contribution in [0, 0.1) is 0 Å². The van der Waals surface area contributed by atoms with Gasteiger partial charge < -0.3 is 4.57 Å². The molecule has 0 bridgehead atoms. The van der Waals surface area contributed by atoms with Gasteiger partial charge in [0.2, 0.25) is 0 Å². The Labute approximate surface area is 136 Å². The number of benzene rings is 1. The lowest BCUT2D eigenvalue weighted by molar-refractivity contribution is 0.102. The second-order valence-electron chi connectivity index (χ2n) is 5.52. The summed E-state index contributed by atoms with van der Waals surface area (Å²) in [6, 6.07) is 6.52. The molecule has 0 spiro atoms. The molecule has 0 atom stereocenters. The molecule has 0 aliphatic carbocycles. The van der Waals surface area contributed by atoms with Crippen molar-refractivity contribution < 1.29 is 4.79 Å². The summed E-state index contributed by atoms with van der Waals surface area (Å²) in [7, 11) is 0. The first kappa shape index (κ1) is 16.7. The highest BCUT2D eigenvalue weighted by molar-refractivity contribution is 7.99. The van der Waals surface area contributed by atoms with E-state index >= 15 is 0 Å². The molecule has 0 aliphatic heterocycles. The molecule has 1 heterocycles. The number of carbonyl (C=O) groups excluding carboxylic acids is 1. The third kappa shape index (κ3) is 3.77. The zero-order valence-corrected chi connectivity index (χ0v) is 14.5. The summed E-state index contributed by atoms with van der Waals surface area (Å²) < 4.78 is 1.99. The molecule has 0 saturated carbocycles. The van der Waals surface area contributed by atoms with Crippen LogP contribution in [0.1, 0.15) is 55.2 Å². The molecular formula is C17H23N3OS. The number of aryl methyl sites for hydroxylation is 2.